The second kappa shape index (κ2) is 10.9. The van der Waals surface area contributed by atoms with Gasteiger partial charge in [0.15, 0.2) is 0 Å². The lowest BCUT2D eigenvalue weighted by Gasteiger charge is -2.09. The van der Waals surface area contributed by atoms with Gasteiger partial charge in [-0.3, -0.25) is 4.99 Å². The number of hydrogen-bond acceptors (Lipinski definition) is 5. The van der Waals surface area contributed by atoms with Gasteiger partial charge in [-0.25, -0.2) is 4.68 Å². The van der Waals surface area contributed by atoms with E-state index in [0.29, 0.717) is 23.7 Å². The maximum Gasteiger partial charge on any atom is 0.417 e. The van der Waals surface area contributed by atoms with Crippen LogP contribution in [0.2, 0.25) is 5.02 Å². The number of alkyl halides is 3. The van der Waals surface area contributed by atoms with Crippen molar-refractivity contribution in [3.8, 4) is 22.6 Å². The molecule has 182 valence electrons. The van der Waals surface area contributed by atoms with Gasteiger partial charge < -0.3 is 9.15 Å². The van der Waals surface area contributed by atoms with Crippen LogP contribution >= 0.6 is 38.9 Å². The van der Waals surface area contributed by atoms with E-state index >= 15 is 0 Å². The van der Waals surface area contributed by atoms with E-state index in [-0.39, 0.29) is 16.3 Å². The first-order valence-corrected chi connectivity index (χ1v) is 12.3. The van der Waals surface area contributed by atoms with E-state index in [1.54, 1.807) is 23.9 Å². The van der Waals surface area contributed by atoms with E-state index in [4.69, 9.17) is 20.8 Å². The third-order valence-electron chi connectivity index (χ3n) is 4.85. The SMILES string of the molecule is COCCN=c1scc(-c2ccc(Br)cc2)n1/N=C\c1ccc(-c2ccc(Cl)c(C(F)(F)F)c2)o1. The Balaban J connectivity index is 1.67. The zero-order valence-corrected chi connectivity index (χ0v) is 21.4. The molecule has 0 spiro atoms. The van der Waals surface area contributed by atoms with Gasteiger partial charge in [0, 0.05) is 28.1 Å². The summed E-state index contributed by atoms with van der Waals surface area (Å²) in [6, 6.07) is 14.7. The molecule has 5 nitrogen and oxygen atoms in total. The fourth-order valence-electron chi connectivity index (χ4n) is 3.16. The van der Waals surface area contributed by atoms with E-state index in [9.17, 15) is 13.2 Å². The van der Waals surface area contributed by atoms with Gasteiger partial charge in [0.25, 0.3) is 0 Å². The van der Waals surface area contributed by atoms with Gasteiger partial charge in [-0.2, -0.15) is 18.3 Å². The molecule has 0 unspecified atom stereocenters. The average molecular weight is 585 g/mol. The number of furan rings is 1. The molecule has 0 radical (unpaired) electrons. The number of hydrogen-bond donors (Lipinski definition) is 0. The Labute approximate surface area is 216 Å². The van der Waals surface area contributed by atoms with Crippen molar-refractivity contribution in [2.75, 3.05) is 20.3 Å². The van der Waals surface area contributed by atoms with Crippen LogP contribution in [0.3, 0.4) is 0 Å². The summed E-state index contributed by atoms with van der Waals surface area (Å²) < 4.78 is 53.1. The smallest absolute Gasteiger partial charge is 0.417 e. The molecular weight excluding hydrogens is 567 g/mol. The third kappa shape index (κ3) is 6.13. The molecule has 0 N–H and O–H groups in total. The molecule has 2 aromatic carbocycles. The van der Waals surface area contributed by atoms with Crippen LogP contribution in [0, 0.1) is 0 Å². The number of ether oxygens (including phenoxy) is 1. The number of methoxy groups -OCH3 is 1. The van der Waals surface area contributed by atoms with Crippen molar-refractivity contribution in [2.45, 2.75) is 6.18 Å². The van der Waals surface area contributed by atoms with Gasteiger partial charge in [-0.15, -0.1) is 11.3 Å². The molecule has 2 heterocycles. The Morgan fingerprint density at radius 1 is 1.11 bits per heavy atom. The van der Waals surface area contributed by atoms with Gasteiger partial charge >= 0.3 is 6.18 Å². The standard InChI is InChI=1S/C24H18BrClF3N3O2S/c1-33-11-10-30-23-32(21(14-35-23)15-2-5-17(25)6-3-15)31-13-18-7-9-22(34-18)16-4-8-20(26)19(12-16)24(27,28)29/h2-9,12-14H,10-11H2,1H3/b30-23?,31-13-. The Morgan fingerprint density at radius 2 is 1.86 bits per heavy atom. The first-order chi connectivity index (χ1) is 16.8. The Bertz CT molecular complexity index is 1410. The maximum absolute atomic E-state index is 13.2. The minimum absolute atomic E-state index is 0.260. The lowest BCUT2D eigenvalue weighted by atomic mass is 10.1. The number of benzene rings is 2. The lowest BCUT2D eigenvalue weighted by Crippen LogP contribution is -2.13. The summed E-state index contributed by atoms with van der Waals surface area (Å²) in [5.41, 5.74) is 1.11. The fraction of sp³-hybridized carbons (Fsp3) is 0.167. The number of nitrogens with zero attached hydrogens (tertiary/aromatic N) is 3. The van der Waals surface area contributed by atoms with E-state index in [0.717, 1.165) is 21.8 Å². The highest BCUT2D eigenvalue weighted by atomic mass is 79.9. The highest BCUT2D eigenvalue weighted by molar-refractivity contribution is 9.10. The lowest BCUT2D eigenvalue weighted by molar-refractivity contribution is -0.137. The molecule has 4 aromatic rings. The van der Waals surface area contributed by atoms with Crippen molar-refractivity contribution >= 4 is 45.1 Å². The molecule has 0 atom stereocenters. The van der Waals surface area contributed by atoms with Crippen LogP contribution in [0.25, 0.3) is 22.6 Å². The third-order valence-corrected chi connectivity index (χ3v) is 6.56. The van der Waals surface area contributed by atoms with Crippen LogP contribution in [0.1, 0.15) is 11.3 Å². The van der Waals surface area contributed by atoms with Gasteiger partial charge in [-0.05, 0) is 42.5 Å². The molecule has 0 fully saturated rings. The summed E-state index contributed by atoms with van der Waals surface area (Å²) in [4.78, 5) is 5.21. The summed E-state index contributed by atoms with van der Waals surface area (Å²) in [6.45, 7) is 0.938. The number of rotatable bonds is 7. The fourth-order valence-corrected chi connectivity index (χ4v) is 4.51. The minimum Gasteiger partial charge on any atom is -0.455 e. The van der Waals surface area contributed by atoms with E-state index in [2.05, 4.69) is 26.0 Å². The topological polar surface area (TPSA) is 52.0 Å². The highest BCUT2D eigenvalue weighted by Crippen LogP contribution is 2.37. The molecular formula is C24H18BrClF3N3O2S. The van der Waals surface area contributed by atoms with E-state index in [1.165, 1.54) is 29.7 Å². The van der Waals surface area contributed by atoms with Crippen molar-refractivity contribution < 1.29 is 22.3 Å². The number of thiazole rings is 1. The Morgan fingerprint density at radius 3 is 2.57 bits per heavy atom. The summed E-state index contributed by atoms with van der Waals surface area (Å²) >= 11 is 10.6. The zero-order chi connectivity index (χ0) is 25.0. The second-order valence-electron chi connectivity index (χ2n) is 7.24. The quantitative estimate of drug-likeness (QED) is 0.169. The summed E-state index contributed by atoms with van der Waals surface area (Å²) in [5, 5.41) is 6.14. The van der Waals surface area contributed by atoms with Crippen LogP contribution in [0.5, 0.6) is 0 Å². The van der Waals surface area contributed by atoms with Crippen molar-refractivity contribution in [1.29, 1.82) is 0 Å². The molecule has 0 aliphatic carbocycles. The molecule has 11 heteroatoms. The van der Waals surface area contributed by atoms with Crippen molar-refractivity contribution in [1.82, 2.24) is 4.68 Å². The van der Waals surface area contributed by atoms with Gasteiger partial charge in [0.05, 0.1) is 35.6 Å². The van der Waals surface area contributed by atoms with Crippen LogP contribution in [0.15, 0.2) is 79.0 Å². The highest BCUT2D eigenvalue weighted by Gasteiger charge is 2.33. The van der Waals surface area contributed by atoms with E-state index < -0.39 is 11.7 Å². The number of aromatic nitrogens is 1. The first kappa shape index (κ1) is 25.4. The largest absolute Gasteiger partial charge is 0.455 e. The maximum atomic E-state index is 13.2. The van der Waals surface area contributed by atoms with Crippen molar-refractivity contribution in [3.05, 3.63) is 85.6 Å². The van der Waals surface area contributed by atoms with Crippen LogP contribution in [-0.2, 0) is 10.9 Å². The van der Waals surface area contributed by atoms with Crippen molar-refractivity contribution in [2.24, 2.45) is 10.1 Å². The Hall–Kier alpha value is -2.66. The van der Waals surface area contributed by atoms with Crippen LogP contribution in [0.4, 0.5) is 13.2 Å². The summed E-state index contributed by atoms with van der Waals surface area (Å²) in [6.07, 6.45) is -3.07. The van der Waals surface area contributed by atoms with Gasteiger partial charge in [0.2, 0.25) is 4.80 Å². The molecule has 0 saturated carbocycles. The molecule has 0 amide bonds. The zero-order valence-electron chi connectivity index (χ0n) is 18.2. The molecule has 0 aliphatic heterocycles. The van der Waals surface area contributed by atoms with Gasteiger partial charge in [-0.1, -0.05) is 39.7 Å². The van der Waals surface area contributed by atoms with Gasteiger partial charge in [0.1, 0.15) is 11.5 Å². The summed E-state index contributed by atoms with van der Waals surface area (Å²) in [5.74, 6) is 0.633. The van der Waals surface area contributed by atoms with Crippen LogP contribution < -0.4 is 4.80 Å². The first-order valence-electron chi connectivity index (χ1n) is 10.2. The van der Waals surface area contributed by atoms with E-state index in [1.807, 2.05) is 29.6 Å². The molecule has 35 heavy (non-hydrogen) atoms. The summed E-state index contributed by atoms with van der Waals surface area (Å²) in [7, 11) is 1.61. The number of halogens is 5. The Kier molecular flexibility index (Phi) is 7.95. The molecule has 4 rings (SSSR count). The second-order valence-corrected chi connectivity index (χ2v) is 9.40. The van der Waals surface area contributed by atoms with Crippen LogP contribution in [-0.4, -0.2) is 31.2 Å². The molecule has 0 bridgehead atoms. The predicted octanol–water partition coefficient (Wildman–Crippen LogP) is 7.34. The minimum atomic E-state index is -4.56. The van der Waals surface area contributed by atoms with Crippen molar-refractivity contribution in [3.63, 3.8) is 0 Å². The predicted molar refractivity (Wildman–Crippen MR) is 135 cm³/mol. The molecule has 0 saturated heterocycles. The molecule has 0 aliphatic rings. The monoisotopic (exact) mass is 583 g/mol. The molecule has 2 aromatic heterocycles. The normalized spacial score (nSPS) is 12.7. The average Bonchev–Trinajstić information content (AvgIpc) is 3.45.